The summed E-state index contributed by atoms with van der Waals surface area (Å²) in [5, 5.41) is 0. The number of alkyl halides is 1. The van der Waals surface area contributed by atoms with E-state index in [-0.39, 0.29) is 5.73 Å². The van der Waals surface area contributed by atoms with Crippen molar-refractivity contribution >= 4 is 32.8 Å². The Morgan fingerprint density at radius 3 is 2.09 bits per heavy atom. The van der Waals surface area contributed by atoms with Crippen LogP contribution in [-0.4, -0.2) is 41.1 Å². The van der Waals surface area contributed by atoms with E-state index in [4.69, 9.17) is 14.2 Å². The summed E-state index contributed by atoms with van der Waals surface area (Å²) in [6.45, 7) is 0. The molecule has 0 rings (SSSR count). The third-order valence-electron chi connectivity index (χ3n) is 1.54. The monoisotopic (exact) mass is 290 g/mol. The van der Waals surface area contributed by atoms with Crippen LogP contribution in [0.1, 0.15) is 6.42 Å². The fourth-order valence-corrected chi connectivity index (χ4v) is 2.67. The van der Waals surface area contributed by atoms with Crippen LogP contribution in [0.5, 0.6) is 0 Å². The van der Waals surface area contributed by atoms with Gasteiger partial charge in [-0.1, -0.05) is 0 Å². The second-order valence-electron chi connectivity index (χ2n) is 2.32. The maximum absolute atomic E-state index is 5.17. The van der Waals surface area contributed by atoms with Gasteiger partial charge in [-0.05, 0) is 22.6 Å². The van der Waals surface area contributed by atoms with E-state index in [1.807, 2.05) is 0 Å². The molecule has 0 spiro atoms. The molecular formula is C6H15IO3Si. The van der Waals surface area contributed by atoms with Crippen molar-refractivity contribution in [3.8, 4) is 0 Å². The van der Waals surface area contributed by atoms with E-state index >= 15 is 0 Å². The minimum Gasteiger partial charge on any atom is -0.386 e. The van der Waals surface area contributed by atoms with E-state index in [1.165, 1.54) is 0 Å². The average molecular weight is 290 g/mol. The molecule has 0 aromatic rings. The molecule has 5 heteroatoms. The van der Waals surface area contributed by atoms with Crippen molar-refractivity contribution < 1.29 is 14.2 Å². The highest BCUT2D eigenvalue weighted by molar-refractivity contribution is 14.1. The van der Waals surface area contributed by atoms with Gasteiger partial charge in [0.25, 0.3) is 0 Å². The molecule has 0 amide bonds. The Morgan fingerprint density at radius 2 is 1.82 bits per heavy atom. The van der Waals surface area contributed by atoms with Gasteiger partial charge < -0.3 is 14.2 Å². The standard InChI is InChI=1S/C6H15IO3Si/c1-8-5(11)4-6(7,9-2)10-3/h5H,4H2,1-3,11H3. The maximum Gasteiger partial charge on any atom is 0.223 e. The van der Waals surface area contributed by atoms with Crippen LogP contribution >= 0.6 is 22.6 Å². The van der Waals surface area contributed by atoms with Gasteiger partial charge in [-0.15, -0.1) is 0 Å². The quantitative estimate of drug-likeness (QED) is 0.311. The molecular weight excluding hydrogens is 275 g/mol. The largest absolute Gasteiger partial charge is 0.386 e. The molecule has 3 nitrogen and oxygen atoms in total. The highest BCUT2D eigenvalue weighted by atomic mass is 127. The first-order chi connectivity index (χ1) is 5.08. The summed E-state index contributed by atoms with van der Waals surface area (Å²) in [5.41, 5.74) is 0.284. The van der Waals surface area contributed by atoms with Crippen molar-refractivity contribution in [1.82, 2.24) is 0 Å². The fraction of sp³-hybridized carbons (Fsp3) is 1.00. The zero-order valence-electron chi connectivity index (χ0n) is 7.39. The third kappa shape index (κ3) is 4.41. The second-order valence-corrected chi connectivity index (χ2v) is 5.25. The molecule has 0 aliphatic rings. The number of halogens is 1. The Balaban J connectivity index is 3.86. The summed E-state index contributed by atoms with van der Waals surface area (Å²) in [5.74, 6) is 0. The van der Waals surface area contributed by atoms with Gasteiger partial charge in [-0.2, -0.15) is 0 Å². The Morgan fingerprint density at radius 1 is 1.36 bits per heavy atom. The lowest BCUT2D eigenvalue weighted by Crippen LogP contribution is -2.31. The van der Waals surface area contributed by atoms with Crippen molar-refractivity contribution in [1.29, 1.82) is 0 Å². The predicted octanol–water partition coefficient (Wildman–Crippen LogP) is 0.0960. The van der Waals surface area contributed by atoms with Gasteiger partial charge in [-0.25, -0.2) is 0 Å². The lowest BCUT2D eigenvalue weighted by atomic mass is 10.4. The molecule has 0 aliphatic heterocycles. The molecule has 0 N–H and O–H groups in total. The molecule has 0 aliphatic carbocycles. The number of hydrogen-bond donors (Lipinski definition) is 0. The summed E-state index contributed by atoms with van der Waals surface area (Å²) < 4.78 is 15.0. The van der Waals surface area contributed by atoms with Gasteiger partial charge in [0.2, 0.25) is 3.79 Å². The molecule has 1 unspecified atom stereocenters. The summed E-state index contributed by atoms with van der Waals surface area (Å²) in [4.78, 5) is 0. The van der Waals surface area contributed by atoms with Crippen LogP contribution in [0.15, 0.2) is 0 Å². The zero-order valence-corrected chi connectivity index (χ0v) is 11.5. The number of hydrogen-bond acceptors (Lipinski definition) is 3. The van der Waals surface area contributed by atoms with Crippen LogP contribution in [0.3, 0.4) is 0 Å². The second kappa shape index (κ2) is 5.47. The van der Waals surface area contributed by atoms with E-state index < -0.39 is 3.79 Å². The van der Waals surface area contributed by atoms with Crippen molar-refractivity contribution in [2.75, 3.05) is 21.3 Å². The Labute approximate surface area is 84.3 Å². The van der Waals surface area contributed by atoms with Gasteiger partial charge in [0, 0.05) is 43.7 Å². The molecule has 0 fully saturated rings. The molecule has 0 bridgehead atoms. The molecule has 0 aromatic carbocycles. The van der Waals surface area contributed by atoms with E-state index in [0.717, 1.165) is 16.7 Å². The van der Waals surface area contributed by atoms with Crippen LogP contribution in [0.2, 0.25) is 0 Å². The van der Waals surface area contributed by atoms with E-state index in [9.17, 15) is 0 Å². The first kappa shape index (κ1) is 11.8. The maximum atomic E-state index is 5.17. The van der Waals surface area contributed by atoms with Crippen LogP contribution in [0.25, 0.3) is 0 Å². The molecule has 68 valence electrons. The van der Waals surface area contributed by atoms with Crippen LogP contribution in [0.4, 0.5) is 0 Å². The minimum absolute atomic E-state index is 0.284. The molecule has 0 radical (unpaired) electrons. The van der Waals surface area contributed by atoms with Gasteiger partial charge in [0.1, 0.15) is 0 Å². The summed E-state index contributed by atoms with van der Waals surface area (Å²) >= 11 is 2.14. The number of rotatable bonds is 5. The first-order valence-corrected chi connectivity index (χ1v) is 5.63. The van der Waals surface area contributed by atoms with Gasteiger partial charge in [0.05, 0.1) is 0 Å². The molecule has 0 heterocycles. The van der Waals surface area contributed by atoms with Crippen molar-refractivity contribution in [2.45, 2.75) is 15.9 Å². The van der Waals surface area contributed by atoms with Crippen molar-refractivity contribution in [3.05, 3.63) is 0 Å². The Bertz CT molecular complexity index is 108. The lowest BCUT2D eigenvalue weighted by molar-refractivity contribution is -0.133. The highest BCUT2D eigenvalue weighted by Crippen LogP contribution is 2.26. The number of ether oxygens (including phenoxy) is 3. The summed E-state index contributed by atoms with van der Waals surface area (Å²) in [6, 6.07) is 0. The molecule has 11 heavy (non-hydrogen) atoms. The van der Waals surface area contributed by atoms with Crippen molar-refractivity contribution in [2.24, 2.45) is 0 Å². The van der Waals surface area contributed by atoms with E-state index in [2.05, 4.69) is 22.6 Å². The highest BCUT2D eigenvalue weighted by Gasteiger charge is 2.27. The molecule has 1 atom stereocenters. The smallest absolute Gasteiger partial charge is 0.223 e. The normalized spacial score (nSPS) is 15.3. The predicted molar refractivity (Wildman–Crippen MR) is 56.1 cm³/mol. The summed E-state index contributed by atoms with van der Waals surface area (Å²) in [6.07, 6.45) is 0.781. The van der Waals surface area contributed by atoms with E-state index in [0.29, 0.717) is 0 Å². The summed E-state index contributed by atoms with van der Waals surface area (Å²) in [7, 11) is 5.98. The molecule has 0 aromatic heterocycles. The van der Waals surface area contributed by atoms with E-state index in [1.54, 1.807) is 21.3 Å². The van der Waals surface area contributed by atoms with Gasteiger partial charge in [-0.3, -0.25) is 0 Å². The van der Waals surface area contributed by atoms with Gasteiger partial charge in [0.15, 0.2) is 0 Å². The average Bonchev–Trinajstić information content (AvgIpc) is 2.04. The fourth-order valence-electron chi connectivity index (χ4n) is 0.677. The van der Waals surface area contributed by atoms with Crippen LogP contribution in [-0.2, 0) is 14.2 Å². The Kier molecular flexibility index (Phi) is 5.88. The topological polar surface area (TPSA) is 27.7 Å². The third-order valence-corrected chi connectivity index (χ3v) is 3.74. The molecule has 0 saturated carbocycles. The number of methoxy groups -OCH3 is 3. The SMILES string of the molecule is COC([SiH3])CC(I)(OC)OC. The first-order valence-electron chi connectivity index (χ1n) is 3.40. The molecule has 0 saturated heterocycles. The van der Waals surface area contributed by atoms with Crippen LogP contribution < -0.4 is 0 Å². The zero-order chi connectivity index (χ0) is 8.91. The minimum atomic E-state index is -0.514. The van der Waals surface area contributed by atoms with Crippen molar-refractivity contribution in [3.63, 3.8) is 0 Å². The Hall–Kier alpha value is 0.827. The van der Waals surface area contributed by atoms with Gasteiger partial charge >= 0.3 is 0 Å². The van der Waals surface area contributed by atoms with Crippen LogP contribution in [0, 0.1) is 0 Å². The lowest BCUT2D eigenvalue weighted by Gasteiger charge is -2.26.